The van der Waals surface area contributed by atoms with Crippen molar-refractivity contribution in [2.75, 3.05) is 11.0 Å². The molecule has 1 aromatic carbocycles. The van der Waals surface area contributed by atoms with Gasteiger partial charge in [-0.2, -0.15) is 0 Å². The van der Waals surface area contributed by atoms with Crippen molar-refractivity contribution in [2.24, 2.45) is 0 Å². The average molecular weight is 332 g/mol. The molecule has 2 aromatic rings. The Hall–Kier alpha value is -1.72. The second kappa shape index (κ2) is 5.73. The molecule has 8 nitrogen and oxygen atoms in total. The lowest BCUT2D eigenvalue weighted by Gasteiger charge is -2.04. The zero-order valence-corrected chi connectivity index (χ0v) is 12.5. The van der Waals surface area contributed by atoms with Crippen molar-refractivity contribution >= 4 is 43.9 Å². The molecular formula is C9H8N4O4S3. The van der Waals surface area contributed by atoms with Crippen molar-refractivity contribution in [3.63, 3.8) is 0 Å². The zero-order valence-electron chi connectivity index (χ0n) is 10.0. The van der Waals surface area contributed by atoms with Crippen LogP contribution < -0.4 is 4.72 Å². The Morgan fingerprint density at radius 2 is 2.05 bits per heavy atom. The molecule has 0 saturated heterocycles. The van der Waals surface area contributed by atoms with E-state index in [0.29, 0.717) is 4.34 Å². The Bertz CT molecular complexity index is 743. The zero-order chi connectivity index (χ0) is 14.8. The Morgan fingerprint density at radius 1 is 1.35 bits per heavy atom. The van der Waals surface area contributed by atoms with E-state index in [4.69, 9.17) is 0 Å². The molecule has 1 N–H and O–H groups in total. The number of nitrogens with one attached hydrogen (secondary N) is 1. The number of aromatic nitrogens is 2. The van der Waals surface area contributed by atoms with Crippen LogP contribution in [0.2, 0.25) is 0 Å². The second-order valence-electron chi connectivity index (χ2n) is 3.41. The van der Waals surface area contributed by atoms with Crippen molar-refractivity contribution < 1.29 is 13.3 Å². The summed E-state index contributed by atoms with van der Waals surface area (Å²) in [4.78, 5) is 9.70. The fraction of sp³-hybridized carbons (Fsp3) is 0.111. The van der Waals surface area contributed by atoms with Crippen molar-refractivity contribution in [1.29, 1.82) is 0 Å². The molecule has 0 aliphatic rings. The van der Waals surface area contributed by atoms with Gasteiger partial charge in [-0.15, -0.1) is 10.2 Å². The van der Waals surface area contributed by atoms with Gasteiger partial charge in [0.2, 0.25) is 5.13 Å². The minimum absolute atomic E-state index is 0.0625. The van der Waals surface area contributed by atoms with Gasteiger partial charge < -0.3 is 0 Å². The van der Waals surface area contributed by atoms with Gasteiger partial charge in [0, 0.05) is 6.07 Å². The van der Waals surface area contributed by atoms with E-state index in [-0.39, 0.29) is 5.13 Å². The summed E-state index contributed by atoms with van der Waals surface area (Å²) in [5, 5.41) is 18.3. The Morgan fingerprint density at radius 3 is 2.65 bits per heavy atom. The van der Waals surface area contributed by atoms with E-state index >= 15 is 0 Å². The highest BCUT2D eigenvalue weighted by atomic mass is 32.2. The van der Waals surface area contributed by atoms with Crippen LogP contribution in [-0.4, -0.2) is 29.8 Å². The smallest absolute Gasteiger partial charge is 0.258 e. The topological polar surface area (TPSA) is 115 Å². The molecule has 1 aromatic heterocycles. The number of hydrogen-bond acceptors (Lipinski definition) is 8. The fourth-order valence-corrected chi connectivity index (χ4v) is 3.91. The monoisotopic (exact) mass is 332 g/mol. The summed E-state index contributed by atoms with van der Waals surface area (Å²) >= 11 is 2.37. The Kier molecular flexibility index (Phi) is 4.20. The summed E-state index contributed by atoms with van der Waals surface area (Å²) < 4.78 is 27.1. The fourth-order valence-electron chi connectivity index (χ4n) is 1.34. The Labute approximate surface area is 122 Å². The molecule has 20 heavy (non-hydrogen) atoms. The largest absolute Gasteiger partial charge is 0.289 e. The predicted molar refractivity (Wildman–Crippen MR) is 75.6 cm³/mol. The van der Waals surface area contributed by atoms with Crippen LogP contribution in [0.5, 0.6) is 0 Å². The first-order valence-electron chi connectivity index (χ1n) is 5.08. The number of thioether (sulfide) groups is 1. The number of nitro benzene ring substituents is 1. The van der Waals surface area contributed by atoms with E-state index in [1.165, 1.54) is 23.9 Å². The Balaban J connectivity index is 2.38. The number of rotatable bonds is 5. The van der Waals surface area contributed by atoms with Gasteiger partial charge >= 0.3 is 0 Å². The molecule has 0 unspecified atom stereocenters. The van der Waals surface area contributed by atoms with Crippen LogP contribution in [0.25, 0.3) is 0 Å². The summed E-state index contributed by atoms with van der Waals surface area (Å²) in [6, 6.07) is 5.10. The number of nitrogens with zero attached hydrogens (tertiary/aromatic N) is 3. The predicted octanol–water partition coefficient (Wildman–Crippen LogP) is 1.97. The maximum Gasteiger partial charge on any atom is 0.289 e. The number of para-hydroxylation sites is 1. The van der Waals surface area contributed by atoms with Gasteiger partial charge in [0.05, 0.1) is 4.92 Å². The minimum Gasteiger partial charge on any atom is -0.258 e. The van der Waals surface area contributed by atoms with Gasteiger partial charge in [0.15, 0.2) is 9.24 Å². The molecule has 0 aliphatic heterocycles. The minimum atomic E-state index is -4.08. The summed E-state index contributed by atoms with van der Waals surface area (Å²) in [5.74, 6) is 0. The van der Waals surface area contributed by atoms with Gasteiger partial charge in [-0.05, 0) is 12.3 Å². The summed E-state index contributed by atoms with van der Waals surface area (Å²) in [6.45, 7) is 0. The molecule has 0 amide bonds. The molecule has 0 aliphatic carbocycles. The van der Waals surface area contributed by atoms with E-state index in [9.17, 15) is 18.5 Å². The summed E-state index contributed by atoms with van der Waals surface area (Å²) in [7, 11) is -4.08. The number of sulfonamides is 1. The molecule has 0 fully saturated rings. The third-order valence-corrected chi connectivity index (χ3v) is 5.48. The average Bonchev–Trinajstić information content (AvgIpc) is 2.85. The van der Waals surface area contributed by atoms with E-state index < -0.39 is 25.5 Å². The quantitative estimate of drug-likeness (QED) is 0.505. The highest BCUT2D eigenvalue weighted by Crippen LogP contribution is 2.28. The van der Waals surface area contributed by atoms with Crippen molar-refractivity contribution in [3.8, 4) is 0 Å². The molecule has 2 rings (SSSR count). The van der Waals surface area contributed by atoms with Crippen LogP contribution in [-0.2, 0) is 10.0 Å². The van der Waals surface area contributed by atoms with E-state index in [0.717, 1.165) is 23.5 Å². The van der Waals surface area contributed by atoms with Crippen molar-refractivity contribution in [1.82, 2.24) is 10.2 Å². The molecule has 1 heterocycles. The molecule has 11 heteroatoms. The van der Waals surface area contributed by atoms with Crippen molar-refractivity contribution in [2.45, 2.75) is 9.24 Å². The lowest BCUT2D eigenvalue weighted by Crippen LogP contribution is -2.14. The maximum atomic E-state index is 12.1. The van der Waals surface area contributed by atoms with Crippen molar-refractivity contribution in [3.05, 3.63) is 34.4 Å². The van der Waals surface area contributed by atoms with Crippen LogP contribution in [0.3, 0.4) is 0 Å². The van der Waals surface area contributed by atoms with Gasteiger partial charge in [0.25, 0.3) is 15.7 Å². The van der Waals surface area contributed by atoms with Gasteiger partial charge in [0.1, 0.15) is 0 Å². The molecule has 0 bridgehead atoms. The molecule has 0 spiro atoms. The number of benzene rings is 1. The SMILES string of the molecule is CSc1nnc(NS(=O)(=O)c2ccccc2[N+](=O)[O-])s1. The third kappa shape index (κ3) is 3.05. The first kappa shape index (κ1) is 14.7. The van der Waals surface area contributed by atoms with Crippen LogP contribution in [0, 0.1) is 10.1 Å². The molecule has 106 valence electrons. The molecule has 0 atom stereocenters. The highest BCUT2D eigenvalue weighted by Gasteiger charge is 2.26. The van der Waals surface area contributed by atoms with Crippen LogP contribution >= 0.6 is 23.1 Å². The second-order valence-corrected chi connectivity index (χ2v) is 7.09. The normalized spacial score (nSPS) is 11.2. The van der Waals surface area contributed by atoms with Gasteiger partial charge in [-0.25, -0.2) is 8.42 Å². The maximum absolute atomic E-state index is 12.1. The molecular weight excluding hydrogens is 324 g/mol. The standard InChI is InChI=1S/C9H8N4O4S3/c1-18-9-11-10-8(19-9)12-20(16,17)7-5-3-2-4-6(7)13(14)15/h2-5H,1H3,(H,10,12). The van der Waals surface area contributed by atoms with Crippen LogP contribution in [0.4, 0.5) is 10.8 Å². The summed E-state index contributed by atoms with van der Waals surface area (Å²) in [5.41, 5.74) is -0.491. The summed E-state index contributed by atoms with van der Waals surface area (Å²) in [6.07, 6.45) is 1.78. The first-order chi connectivity index (χ1) is 9.44. The first-order valence-corrected chi connectivity index (χ1v) is 8.60. The molecule has 0 saturated carbocycles. The third-order valence-electron chi connectivity index (χ3n) is 2.15. The number of anilines is 1. The van der Waals surface area contributed by atoms with E-state index in [1.807, 2.05) is 0 Å². The lowest BCUT2D eigenvalue weighted by molar-refractivity contribution is -0.387. The van der Waals surface area contributed by atoms with E-state index in [1.54, 1.807) is 6.26 Å². The highest BCUT2D eigenvalue weighted by molar-refractivity contribution is 8.00. The lowest BCUT2D eigenvalue weighted by atomic mass is 10.3. The van der Waals surface area contributed by atoms with Crippen LogP contribution in [0.15, 0.2) is 33.5 Å². The number of hydrogen-bond donors (Lipinski definition) is 1. The van der Waals surface area contributed by atoms with Gasteiger partial charge in [-0.3, -0.25) is 14.8 Å². The van der Waals surface area contributed by atoms with Crippen LogP contribution in [0.1, 0.15) is 0 Å². The molecule has 0 radical (unpaired) electrons. The van der Waals surface area contributed by atoms with Gasteiger partial charge in [-0.1, -0.05) is 35.2 Å². The number of nitro groups is 1. The van der Waals surface area contributed by atoms with E-state index in [2.05, 4.69) is 14.9 Å².